The van der Waals surface area contributed by atoms with E-state index in [0.717, 1.165) is 24.8 Å². The van der Waals surface area contributed by atoms with Gasteiger partial charge in [-0.2, -0.15) is 0 Å². The number of benzene rings is 2. The highest BCUT2D eigenvalue weighted by molar-refractivity contribution is 7.90. The zero-order valence-electron chi connectivity index (χ0n) is 35.4. The number of nitrogens with one attached hydrogen (secondary N) is 4. The van der Waals surface area contributed by atoms with Crippen LogP contribution in [0.2, 0.25) is 0 Å². The van der Waals surface area contributed by atoms with Crippen LogP contribution in [0, 0.1) is 11.8 Å². The maximum absolute atomic E-state index is 13.4. The lowest BCUT2D eigenvalue weighted by Gasteiger charge is -2.25. The van der Waals surface area contributed by atoms with Crippen molar-refractivity contribution < 1.29 is 32.3 Å². The molecule has 2 aromatic rings. The Morgan fingerprint density at radius 1 is 0.596 bits per heavy atom. The molecule has 0 aliphatic heterocycles. The van der Waals surface area contributed by atoms with Crippen LogP contribution >= 0.6 is 0 Å². The molecule has 12 heteroatoms. The predicted molar refractivity (Wildman–Crippen MR) is 228 cm³/mol. The van der Waals surface area contributed by atoms with Gasteiger partial charge in [0.15, 0.2) is 0 Å². The number of rotatable bonds is 30. The molecule has 4 amide bonds. The molecule has 0 fully saturated rings. The average Bonchev–Trinajstić information content (AvgIpc) is 3.17. The Morgan fingerprint density at radius 3 is 1.56 bits per heavy atom. The Hall–Kier alpha value is -3.93. The van der Waals surface area contributed by atoms with Crippen molar-refractivity contribution in [3.63, 3.8) is 0 Å². The van der Waals surface area contributed by atoms with Crippen LogP contribution in [-0.4, -0.2) is 50.9 Å². The summed E-state index contributed by atoms with van der Waals surface area (Å²) in [5, 5.41) is 8.14. The molecule has 0 aliphatic rings. The Balaban J connectivity index is 1.78. The number of unbranched alkanes of at least 4 members (excludes halogenated alkanes) is 15. The van der Waals surface area contributed by atoms with Gasteiger partial charge in [0.05, 0.1) is 4.90 Å². The van der Waals surface area contributed by atoms with Gasteiger partial charge in [-0.1, -0.05) is 161 Å². The second kappa shape index (κ2) is 28.5. The predicted octanol–water partition coefficient (Wildman–Crippen LogP) is 9.35. The van der Waals surface area contributed by atoms with E-state index in [1.807, 2.05) is 58.0 Å². The Labute approximate surface area is 343 Å². The average molecular weight is 813 g/mol. The number of sulfonamides is 1. The Kier molecular flexibility index (Phi) is 24.6. The number of amides is 4. The summed E-state index contributed by atoms with van der Waals surface area (Å²) in [6.45, 7) is 10.3. The van der Waals surface area contributed by atoms with Crippen LogP contribution in [0.25, 0.3) is 0 Å². The molecule has 0 spiro atoms. The first kappa shape index (κ1) is 49.2. The summed E-state index contributed by atoms with van der Waals surface area (Å²) in [5.41, 5.74) is 1.10. The van der Waals surface area contributed by atoms with Gasteiger partial charge >= 0.3 is 6.09 Å². The van der Waals surface area contributed by atoms with E-state index in [1.54, 1.807) is 0 Å². The van der Waals surface area contributed by atoms with E-state index in [-0.39, 0.29) is 42.1 Å². The number of carbonyl (C=O) groups excluding carboxylic acids is 4. The zero-order valence-corrected chi connectivity index (χ0v) is 36.2. The monoisotopic (exact) mass is 813 g/mol. The second-order valence-corrected chi connectivity index (χ2v) is 17.8. The summed E-state index contributed by atoms with van der Waals surface area (Å²) in [7, 11) is -4.33. The molecule has 0 aliphatic carbocycles. The fourth-order valence-corrected chi connectivity index (χ4v) is 7.63. The van der Waals surface area contributed by atoms with Crippen LogP contribution in [0.1, 0.15) is 166 Å². The van der Waals surface area contributed by atoms with Crippen molar-refractivity contribution in [2.75, 3.05) is 6.54 Å². The first-order valence-electron chi connectivity index (χ1n) is 21.5. The van der Waals surface area contributed by atoms with Gasteiger partial charge in [-0.15, -0.1) is 0 Å². The van der Waals surface area contributed by atoms with Crippen molar-refractivity contribution in [2.24, 2.45) is 11.8 Å². The number of hydrogen-bond donors (Lipinski definition) is 4. The zero-order chi connectivity index (χ0) is 41.9. The standard InChI is InChI=1S/C45H72N4O7S/c1-6-7-8-9-10-11-12-13-14-15-16-17-18-19-20-24-31-46-42(50)38-27-29-39(30-28-38)57(54,55)49-44(52)41(33-36(4)5)47-43(51)40(32-35(2)3)48-45(53)56-34-37-25-22-21-23-26-37/h21-23,25-30,35-36,40-41H,6-20,24,31-34H2,1-5H3,(H,46,50)(H,47,51)(H,48,53)(H,49,52)/t40-,41-/m0/s1. The number of alkyl carbamates (subject to hydrolysis) is 1. The third-order valence-corrected chi connectivity index (χ3v) is 11.2. The normalized spacial score (nSPS) is 12.5. The van der Waals surface area contributed by atoms with E-state index >= 15 is 0 Å². The molecule has 320 valence electrons. The van der Waals surface area contributed by atoms with E-state index in [2.05, 4.69) is 27.6 Å². The topological polar surface area (TPSA) is 160 Å². The van der Waals surface area contributed by atoms with Gasteiger partial charge in [-0.3, -0.25) is 14.4 Å². The molecule has 2 atom stereocenters. The maximum atomic E-state index is 13.4. The summed E-state index contributed by atoms with van der Waals surface area (Å²) in [5.74, 6) is -1.90. The first-order chi connectivity index (χ1) is 27.3. The summed E-state index contributed by atoms with van der Waals surface area (Å²) in [4.78, 5) is 51.9. The van der Waals surface area contributed by atoms with E-state index < -0.39 is 40.0 Å². The lowest BCUT2D eigenvalue weighted by atomic mass is 10.0. The summed E-state index contributed by atoms with van der Waals surface area (Å²) < 4.78 is 33.9. The van der Waals surface area contributed by atoms with E-state index in [1.165, 1.54) is 108 Å². The highest BCUT2D eigenvalue weighted by Gasteiger charge is 2.30. The van der Waals surface area contributed by atoms with Gasteiger partial charge in [-0.05, 0) is 60.9 Å². The van der Waals surface area contributed by atoms with E-state index in [9.17, 15) is 27.6 Å². The molecular formula is C45H72N4O7S. The Bertz CT molecular complexity index is 1550. The summed E-state index contributed by atoms with van der Waals surface area (Å²) >= 11 is 0. The molecule has 0 aromatic heterocycles. The molecule has 11 nitrogen and oxygen atoms in total. The van der Waals surface area contributed by atoms with Gasteiger partial charge in [-0.25, -0.2) is 17.9 Å². The van der Waals surface area contributed by atoms with Gasteiger partial charge in [0, 0.05) is 12.1 Å². The fraction of sp³-hybridized carbons (Fsp3) is 0.644. The van der Waals surface area contributed by atoms with Crippen molar-refractivity contribution in [1.82, 2.24) is 20.7 Å². The fourth-order valence-electron chi connectivity index (χ4n) is 6.61. The van der Waals surface area contributed by atoms with Crippen LogP contribution in [0.5, 0.6) is 0 Å². The lowest BCUT2D eigenvalue weighted by molar-refractivity contribution is -0.129. The molecule has 2 rings (SSSR count). The number of ether oxygens (including phenoxy) is 1. The molecule has 0 radical (unpaired) electrons. The van der Waals surface area contributed by atoms with Gasteiger partial charge in [0.25, 0.3) is 21.8 Å². The molecule has 4 N–H and O–H groups in total. The molecule has 0 unspecified atom stereocenters. The minimum absolute atomic E-state index is 0.0109. The van der Waals surface area contributed by atoms with Crippen molar-refractivity contribution in [3.05, 3.63) is 65.7 Å². The third kappa shape index (κ3) is 22.0. The molecule has 0 bridgehead atoms. The van der Waals surface area contributed by atoms with Gasteiger partial charge in [0.1, 0.15) is 18.7 Å². The van der Waals surface area contributed by atoms with E-state index in [4.69, 9.17) is 4.74 Å². The molecule has 0 saturated carbocycles. The van der Waals surface area contributed by atoms with Crippen molar-refractivity contribution in [2.45, 2.75) is 174 Å². The van der Waals surface area contributed by atoms with Crippen LogP contribution < -0.4 is 20.7 Å². The second-order valence-electron chi connectivity index (χ2n) is 16.1. The van der Waals surface area contributed by atoms with Crippen molar-refractivity contribution in [3.8, 4) is 0 Å². The van der Waals surface area contributed by atoms with E-state index in [0.29, 0.717) is 12.1 Å². The number of hydrogen-bond acceptors (Lipinski definition) is 7. The molecule has 57 heavy (non-hydrogen) atoms. The minimum Gasteiger partial charge on any atom is -0.445 e. The first-order valence-corrected chi connectivity index (χ1v) is 23.0. The molecule has 2 aromatic carbocycles. The maximum Gasteiger partial charge on any atom is 0.408 e. The van der Waals surface area contributed by atoms with Crippen molar-refractivity contribution >= 4 is 33.8 Å². The molecule has 0 saturated heterocycles. The molecular weight excluding hydrogens is 741 g/mol. The summed E-state index contributed by atoms with van der Waals surface area (Å²) in [6.07, 6.45) is 20.1. The van der Waals surface area contributed by atoms with Crippen LogP contribution in [-0.2, 0) is 31.0 Å². The quantitative estimate of drug-likeness (QED) is 0.0572. The third-order valence-electron chi connectivity index (χ3n) is 9.85. The highest BCUT2D eigenvalue weighted by atomic mass is 32.2. The highest BCUT2D eigenvalue weighted by Crippen LogP contribution is 2.16. The van der Waals surface area contributed by atoms with Crippen LogP contribution in [0.15, 0.2) is 59.5 Å². The van der Waals surface area contributed by atoms with Crippen LogP contribution in [0.3, 0.4) is 0 Å². The van der Waals surface area contributed by atoms with Gasteiger partial charge < -0.3 is 20.7 Å². The van der Waals surface area contributed by atoms with Crippen LogP contribution in [0.4, 0.5) is 4.79 Å². The summed E-state index contributed by atoms with van der Waals surface area (Å²) in [6, 6.07) is 12.3. The largest absolute Gasteiger partial charge is 0.445 e. The SMILES string of the molecule is CCCCCCCCCCCCCCCCCCNC(=O)c1ccc(S(=O)(=O)NC(=O)[C@H](CC(C)C)NC(=O)[C@H](CC(C)C)NC(=O)OCc2ccccc2)cc1. The van der Waals surface area contributed by atoms with Crippen molar-refractivity contribution in [1.29, 1.82) is 0 Å². The number of carbonyl (C=O) groups is 4. The smallest absolute Gasteiger partial charge is 0.408 e. The Morgan fingerprint density at radius 2 is 1.07 bits per heavy atom. The minimum atomic E-state index is -4.33. The van der Waals surface area contributed by atoms with Gasteiger partial charge in [0.2, 0.25) is 5.91 Å². The lowest BCUT2D eigenvalue weighted by Crippen LogP contribution is -2.55. The molecule has 0 heterocycles.